The Bertz CT molecular complexity index is 1470. The van der Waals surface area contributed by atoms with Gasteiger partial charge in [-0.05, 0) is 6.07 Å². The summed E-state index contributed by atoms with van der Waals surface area (Å²) < 4.78 is 92.0. The van der Waals surface area contributed by atoms with Crippen molar-refractivity contribution in [3.63, 3.8) is 0 Å². The number of aromatic nitrogens is 5. The van der Waals surface area contributed by atoms with Gasteiger partial charge in [-0.3, -0.25) is 0 Å². The number of halogens is 4. The molecule has 190 valence electrons. The van der Waals surface area contributed by atoms with E-state index in [1.54, 1.807) is 0 Å². The molecule has 0 saturated carbocycles. The van der Waals surface area contributed by atoms with E-state index in [9.17, 15) is 26.0 Å². The summed E-state index contributed by atoms with van der Waals surface area (Å²) in [5.41, 5.74) is -0.514. The van der Waals surface area contributed by atoms with Gasteiger partial charge in [-0.2, -0.15) is 9.97 Å². The number of methoxy groups -OCH3 is 2. The number of ether oxygens (including phenoxy) is 2. The fourth-order valence-electron chi connectivity index (χ4n) is 3.59. The first-order valence-corrected chi connectivity index (χ1v) is 11.6. The van der Waals surface area contributed by atoms with E-state index in [-0.39, 0.29) is 50.1 Å². The zero-order chi connectivity index (χ0) is 26.0. The first-order chi connectivity index (χ1) is 17.2. The van der Waals surface area contributed by atoms with Crippen LogP contribution in [0.25, 0.3) is 22.3 Å². The van der Waals surface area contributed by atoms with Gasteiger partial charge in [0.25, 0.3) is 16.4 Å². The summed E-state index contributed by atoms with van der Waals surface area (Å²) in [5.74, 6) is -1.14. The van der Waals surface area contributed by atoms with Gasteiger partial charge in [0.2, 0.25) is 24.1 Å². The van der Waals surface area contributed by atoms with E-state index in [0.29, 0.717) is 0 Å². The highest BCUT2D eigenvalue weighted by molar-refractivity contribution is 7.93. The number of aromatic amines is 1. The normalized spacial score (nSPS) is 11.9. The van der Waals surface area contributed by atoms with Crippen LogP contribution in [0, 0.1) is 0 Å². The van der Waals surface area contributed by atoms with Gasteiger partial charge >= 0.3 is 0 Å². The quantitative estimate of drug-likeness (QED) is 0.313. The van der Waals surface area contributed by atoms with Gasteiger partial charge in [-0.1, -0.05) is 12.1 Å². The molecular weight excluding hydrogens is 508 g/mol. The maximum absolute atomic E-state index is 13.7. The molecule has 0 radical (unpaired) electrons. The molecule has 0 aliphatic rings. The van der Waals surface area contributed by atoms with Crippen molar-refractivity contribution in [3.05, 3.63) is 47.9 Å². The number of anilines is 1. The second kappa shape index (κ2) is 9.93. The Balaban J connectivity index is 1.81. The van der Waals surface area contributed by atoms with Crippen molar-refractivity contribution >= 4 is 26.9 Å². The summed E-state index contributed by atoms with van der Waals surface area (Å²) in [6.07, 6.45) is -2.57. The maximum atomic E-state index is 13.7. The molecule has 36 heavy (non-hydrogen) atoms. The van der Waals surface area contributed by atoms with E-state index in [1.165, 1.54) is 38.7 Å². The number of sulfonamides is 1. The zero-order valence-electron chi connectivity index (χ0n) is 18.7. The lowest BCUT2D eigenvalue weighted by Gasteiger charge is -2.14. The second-order valence-corrected chi connectivity index (χ2v) is 8.87. The fourth-order valence-corrected chi connectivity index (χ4v) is 4.71. The van der Waals surface area contributed by atoms with Crippen molar-refractivity contribution in [2.24, 2.45) is 0 Å². The minimum absolute atomic E-state index is 0.0235. The largest absolute Gasteiger partial charge is 0.481 e. The Kier molecular flexibility index (Phi) is 6.92. The van der Waals surface area contributed by atoms with Crippen LogP contribution in [0.2, 0.25) is 0 Å². The zero-order valence-corrected chi connectivity index (χ0v) is 19.5. The van der Waals surface area contributed by atoms with Gasteiger partial charge in [-0.15, -0.1) is 0 Å². The Morgan fingerprint density at radius 2 is 1.67 bits per heavy atom. The van der Waals surface area contributed by atoms with Crippen LogP contribution in [0.5, 0.6) is 11.8 Å². The standard InChI is InChI=1S/C21H18F4N6O4S/c1-34-19-12(8-14(22)23)20(35-2)30-21(29-19)31-36(32,33)13-9-28-16-10(13)4-5-11(17(24)25)15(16)18-26-6-3-7-27-18/h3-7,9,14,17,28H,8H2,1-2H3,(H,29,30,31). The second-order valence-electron chi connectivity index (χ2n) is 7.22. The van der Waals surface area contributed by atoms with Crippen molar-refractivity contribution in [3.8, 4) is 23.1 Å². The highest BCUT2D eigenvalue weighted by Gasteiger charge is 2.27. The minimum atomic E-state index is -4.41. The molecule has 0 saturated heterocycles. The Labute approximate surface area is 201 Å². The van der Waals surface area contributed by atoms with E-state index in [4.69, 9.17) is 9.47 Å². The smallest absolute Gasteiger partial charge is 0.266 e. The molecule has 1 aromatic carbocycles. The van der Waals surface area contributed by atoms with Crippen molar-refractivity contribution in [1.82, 2.24) is 24.9 Å². The van der Waals surface area contributed by atoms with Crippen molar-refractivity contribution < 1.29 is 35.5 Å². The number of nitrogens with zero attached hydrogens (tertiary/aromatic N) is 4. The highest BCUT2D eigenvalue weighted by Crippen LogP contribution is 2.37. The summed E-state index contributed by atoms with van der Waals surface area (Å²) in [4.78, 5) is 18.2. The predicted octanol–water partition coefficient (Wildman–Crippen LogP) is 3.98. The van der Waals surface area contributed by atoms with Crippen LogP contribution in [0.1, 0.15) is 17.6 Å². The lowest BCUT2D eigenvalue weighted by molar-refractivity contribution is 0.146. The molecule has 0 unspecified atom stereocenters. The third-order valence-electron chi connectivity index (χ3n) is 5.07. The number of fused-ring (bicyclic) bond motifs is 1. The molecule has 15 heteroatoms. The molecule has 2 N–H and O–H groups in total. The topological polar surface area (TPSA) is 132 Å². The number of rotatable bonds is 9. The molecule has 4 aromatic rings. The van der Waals surface area contributed by atoms with Gasteiger partial charge in [0.1, 0.15) is 4.90 Å². The van der Waals surface area contributed by atoms with Crippen molar-refractivity contribution in [2.75, 3.05) is 18.9 Å². The van der Waals surface area contributed by atoms with Crippen LogP contribution in [0.4, 0.5) is 23.5 Å². The Morgan fingerprint density at radius 3 is 2.22 bits per heavy atom. The Morgan fingerprint density at radius 1 is 1.03 bits per heavy atom. The molecule has 0 amide bonds. The summed E-state index contributed by atoms with van der Waals surface area (Å²) in [7, 11) is -2.07. The van der Waals surface area contributed by atoms with Crippen LogP contribution >= 0.6 is 0 Å². The van der Waals surface area contributed by atoms with Gasteiger partial charge in [0.05, 0.1) is 30.9 Å². The molecule has 10 nitrogen and oxygen atoms in total. The third kappa shape index (κ3) is 4.73. The van der Waals surface area contributed by atoms with E-state index >= 15 is 0 Å². The summed E-state index contributed by atoms with van der Waals surface area (Å²) >= 11 is 0. The molecule has 0 fully saturated rings. The highest BCUT2D eigenvalue weighted by atomic mass is 32.2. The van der Waals surface area contributed by atoms with Crippen molar-refractivity contribution in [2.45, 2.75) is 24.2 Å². The summed E-state index contributed by atoms with van der Waals surface area (Å²) in [6, 6.07) is 3.82. The molecule has 3 heterocycles. The molecule has 3 aromatic heterocycles. The van der Waals surface area contributed by atoms with Crippen LogP contribution in [-0.2, 0) is 16.4 Å². The van der Waals surface area contributed by atoms with Gasteiger partial charge in [0.15, 0.2) is 5.82 Å². The van der Waals surface area contributed by atoms with E-state index < -0.39 is 35.2 Å². The lowest BCUT2D eigenvalue weighted by Crippen LogP contribution is -2.16. The third-order valence-corrected chi connectivity index (χ3v) is 6.43. The van der Waals surface area contributed by atoms with Gasteiger partial charge in [-0.25, -0.2) is 40.7 Å². The number of H-pyrrole nitrogens is 1. The lowest BCUT2D eigenvalue weighted by atomic mass is 10.0. The van der Waals surface area contributed by atoms with Crippen LogP contribution in [0.3, 0.4) is 0 Å². The van der Waals surface area contributed by atoms with E-state index in [1.807, 2.05) is 0 Å². The molecule has 0 aliphatic heterocycles. The van der Waals surface area contributed by atoms with Crippen LogP contribution in [0.15, 0.2) is 41.7 Å². The molecular formula is C21H18F4N6O4S. The van der Waals surface area contributed by atoms with E-state index in [2.05, 4.69) is 29.6 Å². The van der Waals surface area contributed by atoms with Gasteiger partial charge in [0, 0.05) is 36.0 Å². The molecule has 0 bridgehead atoms. The molecule has 4 rings (SSSR count). The number of benzene rings is 1. The molecule has 0 aliphatic carbocycles. The number of nitrogens with one attached hydrogen (secondary N) is 2. The summed E-state index contributed by atoms with van der Waals surface area (Å²) in [5, 5.41) is 0.0719. The SMILES string of the molecule is COc1nc(NS(=O)(=O)c2c[nH]c3c(-c4ncccn4)c(C(F)F)ccc23)nc(OC)c1CC(F)F. The monoisotopic (exact) mass is 526 g/mol. The predicted molar refractivity (Wildman–Crippen MR) is 120 cm³/mol. The summed E-state index contributed by atoms with van der Waals surface area (Å²) in [6.45, 7) is 0. The first-order valence-electron chi connectivity index (χ1n) is 10.2. The maximum Gasteiger partial charge on any atom is 0.266 e. The van der Waals surface area contributed by atoms with Gasteiger partial charge < -0.3 is 14.5 Å². The van der Waals surface area contributed by atoms with E-state index in [0.717, 1.165) is 12.3 Å². The van der Waals surface area contributed by atoms with Crippen molar-refractivity contribution in [1.29, 1.82) is 0 Å². The minimum Gasteiger partial charge on any atom is -0.481 e. The molecule has 0 atom stereocenters. The average molecular weight is 526 g/mol. The van der Waals surface area contributed by atoms with Crippen LogP contribution < -0.4 is 14.2 Å². The molecule has 0 spiro atoms. The number of hydrogen-bond acceptors (Lipinski definition) is 8. The fraction of sp³-hybridized carbons (Fsp3) is 0.238. The number of alkyl halides is 4. The first kappa shape index (κ1) is 25.1. The Hall–Kier alpha value is -4.01. The van der Waals surface area contributed by atoms with Crippen LogP contribution in [-0.4, -0.2) is 54.0 Å². The average Bonchev–Trinajstić information content (AvgIpc) is 3.29. The number of hydrogen-bond donors (Lipinski definition) is 2.